The fraction of sp³-hybridized carbons (Fsp3) is 0.0400. The summed E-state index contributed by atoms with van der Waals surface area (Å²) >= 11 is 0. The Kier molecular flexibility index (Phi) is 6.54. The minimum Gasteiger partial charge on any atom is -0.508 e. The van der Waals surface area contributed by atoms with Gasteiger partial charge in [0.1, 0.15) is 22.9 Å². The molecular weight excluding hydrogens is 457 g/mol. The number of halogens is 1. The van der Waals surface area contributed by atoms with E-state index in [0.29, 0.717) is 17.0 Å². The lowest BCUT2D eigenvalue weighted by molar-refractivity contribution is -0.122. The van der Waals surface area contributed by atoms with E-state index >= 15 is 0 Å². The Hall–Kier alpha value is -4.99. The standard InChI is InChI=1S/C25H18FN3O6/c26-16-3-5-17(6-4-16)27-22(31)14-35-20-11-1-15(2-12-20)13-21-23(32)28-25(34)29(24(21)33)18-7-9-19(30)10-8-18/h1-13,30H,14H2,(H,27,31)(H,28,32,34). The average Bonchev–Trinajstić information content (AvgIpc) is 2.84. The third kappa shape index (κ3) is 5.50. The molecule has 0 bridgehead atoms. The minimum absolute atomic E-state index is 0.0410. The number of rotatable bonds is 6. The quantitative estimate of drug-likeness (QED) is 0.371. The van der Waals surface area contributed by atoms with Crippen LogP contribution in [0, 0.1) is 5.82 Å². The van der Waals surface area contributed by atoms with Crippen LogP contribution in [0.5, 0.6) is 11.5 Å². The fourth-order valence-electron chi connectivity index (χ4n) is 3.20. The van der Waals surface area contributed by atoms with Crippen LogP contribution in [0.3, 0.4) is 0 Å². The van der Waals surface area contributed by atoms with Gasteiger partial charge in [0.25, 0.3) is 17.7 Å². The van der Waals surface area contributed by atoms with Crippen molar-refractivity contribution in [2.45, 2.75) is 0 Å². The van der Waals surface area contributed by atoms with Gasteiger partial charge in [-0.3, -0.25) is 19.7 Å². The van der Waals surface area contributed by atoms with Crippen molar-refractivity contribution >= 4 is 41.2 Å². The first-order valence-corrected chi connectivity index (χ1v) is 10.3. The highest BCUT2D eigenvalue weighted by Gasteiger charge is 2.36. The van der Waals surface area contributed by atoms with Gasteiger partial charge in [-0.1, -0.05) is 12.1 Å². The second-order valence-electron chi connectivity index (χ2n) is 7.39. The summed E-state index contributed by atoms with van der Waals surface area (Å²) in [4.78, 5) is 50.2. The molecule has 176 valence electrons. The van der Waals surface area contributed by atoms with E-state index in [0.717, 1.165) is 4.90 Å². The second kappa shape index (κ2) is 9.87. The number of imide groups is 2. The summed E-state index contributed by atoms with van der Waals surface area (Å²) in [7, 11) is 0. The Balaban J connectivity index is 1.42. The van der Waals surface area contributed by atoms with Gasteiger partial charge in [0.15, 0.2) is 6.61 Å². The molecule has 1 saturated heterocycles. The molecule has 0 unspecified atom stereocenters. The Bertz CT molecular complexity index is 1320. The number of benzene rings is 3. The summed E-state index contributed by atoms with van der Waals surface area (Å²) < 4.78 is 18.4. The van der Waals surface area contributed by atoms with Crippen molar-refractivity contribution in [3.63, 3.8) is 0 Å². The van der Waals surface area contributed by atoms with Crippen LogP contribution in [0.1, 0.15) is 5.56 Å². The normalized spacial score (nSPS) is 14.6. The third-order valence-corrected chi connectivity index (χ3v) is 4.90. The van der Waals surface area contributed by atoms with Gasteiger partial charge < -0.3 is 15.2 Å². The van der Waals surface area contributed by atoms with Crippen LogP contribution in [-0.2, 0) is 14.4 Å². The smallest absolute Gasteiger partial charge is 0.335 e. The largest absolute Gasteiger partial charge is 0.508 e. The number of phenols is 1. The van der Waals surface area contributed by atoms with Gasteiger partial charge >= 0.3 is 6.03 Å². The first-order valence-electron chi connectivity index (χ1n) is 10.3. The summed E-state index contributed by atoms with van der Waals surface area (Å²) in [5.74, 6) is -2.19. The van der Waals surface area contributed by atoms with Crippen LogP contribution < -0.4 is 20.3 Å². The zero-order valence-electron chi connectivity index (χ0n) is 18.0. The number of aromatic hydroxyl groups is 1. The number of nitrogens with one attached hydrogen (secondary N) is 2. The molecule has 0 aromatic heterocycles. The van der Waals surface area contributed by atoms with Crippen molar-refractivity contribution in [1.82, 2.24) is 5.32 Å². The van der Waals surface area contributed by atoms with Gasteiger partial charge in [-0.25, -0.2) is 14.1 Å². The van der Waals surface area contributed by atoms with Gasteiger partial charge in [-0.2, -0.15) is 0 Å². The molecule has 9 nitrogen and oxygen atoms in total. The van der Waals surface area contributed by atoms with Gasteiger partial charge in [0.2, 0.25) is 0 Å². The summed E-state index contributed by atoms with van der Waals surface area (Å²) in [6.07, 6.45) is 1.32. The number of hydrogen-bond donors (Lipinski definition) is 3. The van der Waals surface area contributed by atoms with Gasteiger partial charge in [0, 0.05) is 5.69 Å². The molecular formula is C25H18FN3O6. The van der Waals surface area contributed by atoms with Crippen LogP contribution in [-0.4, -0.2) is 35.5 Å². The zero-order valence-corrected chi connectivity index (χ0v) is 18.0. The number of hydrogen-bond acceptors (Lipinski definition) is 6. The molecule has 1 aliphatic heterocycles. The zero-order chi connectivity index (χ0) is 24.9. The molecule has 0 aliphatic carbocycles. The van der Waals surface area contributed by atoms with Gasteiger partial charge in [0.05, 0.1) is 5.69 Å². The third-order valence-electron chi connectivity index (χ3n) is 4.90. The summed E-state index contributed by atoms with van der Waals surface area (Å²) in [5, 5.41) is 14.1. The summed E-state index contributed by atoms with van der Waals surface area (Å²) in [6, 6.07) is 16.0. The lowest BCUT2D eigenvalue weighted by Crippen LogP contribution is -2.54. The molecule has 1 fully saturated rings. The molecule has 10 heteroatoms. The maximum Gasteiger partial charge on any atom is 0.335 e. The lowest BCUT2D eigenvalue weighted by atomic mass is 10.1. The molecule has 35 heavy (non-hydrogen) atoms. The fourth-order valence-corrected chi connectivity index (χ4v) is 3.20. The molecule has 0 radical (unpaired) electrons. The topological polar surface area (TPSA) is 125 Å². The maximum absolute atomic E-state index is 12.9. The molecule has 0 atom stereocenters. The van der Waals surface area contributed by atoms with Crippen LogP contribution in [0.15, 0.2) is 78.4 Å². The molecule has 4 rings (SSSR count). The van der Waals surface area contributed by atoms with Crippen molar-refractivity contribution in [3.8, 4) is 11.5 Å². The molecule has 3 aromatic rings. The van der Waals surface area contributed by atoms with Crippen LogP contribution in [0.4, 0.5) is 20.6 Å². The number of nitrogens with zero attached hydrogens (tertiary/aromatic N) is 1. The summed E-state index contributed by atoms with van der Waals surface area (Å²) in [6.45, 7) is -0.289. The molecule has 1 heterocycles. The highest BCUT2D eigenvalue weighted by molar-refractivity contribution is 6.39. The second-order valence-corrected chi connectivity index (χ2v) is 7.39. The van der Waals surface area contributed by atoms with E-state index in [9.17, 15) is 28.7 Å². The molecule has 3 aromatic carbocycles. The van der Waals surface area contributed by atoms with Gasteiger partial charge in [-0.05, 0) is 72.3 Å². The van der Waals surface area contributed by atoms with Crippen molar-refractivity contribution in [2.75, 3.05) is 16.8 Å². The van der Waals surface area contributed by atoms with Crippen molar-refractivity contribution < 1.29 is 33.4 Å². The first-order chi connectivity index (χ1) is 16.8. The highest BCUT2D eigenvalue weighted by Crippen LogP contribution is 2.24. The number of barbiturate groups is 1. The van der Waals surface area contributed by atoms with E-state index in [2.05, 4.69) is 10.6 Å². The number of carbonyl (C=O) groups excluding carboxylic acids is 4. The number of urea groups is 1. The van der Waals surface area contributed by atoms with E-state index in [4.69, 9.17) is 4.74 Å². The van der Waals surface area contributed by atoms with Crippen LogP contribution in [0.2, 0.25) is 0 Å². The van der Waals surface area contributed by atoms with Crippen molar-refractivity contribution in [2.24, 2.45) is 0 Å². The van der Waals surface area contributed by atoms with Gasteiger partial charge in [-0.15, -0.1) is 0 Å². The molecule has 0 saturated carbocycles. The predicted molar refractivity (Wildman–Crippen MR) is 124 cm³/mol. The molecule has 0 spiro atoms. The Labute approximate surface area is 198 Å². The van der Waals surface area contributed by atoms with E-state index in [1.807, 2.05) is 0 Å². The summed E-state index contributed by atoms with van der Waals surface area (Å²) in [5.41, 5.74) is 0.834. The Morgan fingerprint density at radius 3 is 2.29 bits per heavy atom. The first kappa shape index (κ1) is 23.2. The molecule has 1 aliphatic rings. The van der Waals surface area contributed by atoms with Crippen molar-refractivity contribution in [3.05, 3.63) is 89.8 Å². The van der Waals surface area contributed by atoms with Crippen molar-refractivity contribution in [1.29, 1.82) is 0 Å². The maximum atomic E-state index is 12.9. The number of carbonyl (C=O) groups is 4. The highest BCUT2D eigenvalue weighted by atomic mass is 19.1. The SMILES string of the molecule is O=C(COc1ccc(C=C2C(=O)NC(=O)N(c3ccc(O)cc3)C2=O)cc1)Nc1ccc(F)cc1. The minimum atomic E-state index is -0.898. The van der Waals surface area contributed by atoms with E-state index < -0.39 is 29.6 Å². The van der Waals surface area contributed by atoms with E-state index in [1.54, 1.807) is 24.3 Å². The number of phenolic OH excluding ortho intramolecular Hbond substituents is 1. The lowest BCUT2D eigenvalue weighted by Gasteiger charge is -2.26. The number of ether oxygens (including phenoxy) is 1. The van der Waals surface area contributed by atoms with Crippen LogP contribution in [0.25, 0.3) is 6.08 Å². The number of amides is 5. The van der Waals surface area contributed by atoms with E-state index in [1.165, 1.54) is 54.6 Å². The Morgan fingerprint density at radius 1 is 0.971 bits per heavy atom. The number of anilines is 2. The van der Waals surface area contributed by atoms with Crippen LogP contribution >= 0.6 is 0 Å². The van der Waals surface area contributed by atoms with E-state index in [-0.39, 0.29) is 23.6 Å². The molecule has 5 amide bonds. The monoisotopic (exact) mass is 475 g/mol. The Morgan fingerprint density at radius 2 is 1.63 bits per heavy atom. The molecule has 3 N–H and O–H groups in total. The predicted octanol–water partition coefficient (Wildman–Crippen LogP) is 3.22. The average molecular weight is 475 g/mol.